The summed E-state index contributed by atoms with van der Waals surface area (Å²) in [4.78, 5) is 24.4. The van der Waals surface area contributed by atoms with Crippen molar-refractivity contribution in [2.75, 3.05) is 23.5 Å². The van der Waals surface area contributed by atoms with Gasteiger partial charge < -0.3 is 15.0 Å². The topological polar surface area (TPSA) is 58.6 Å². The Morgan fingerprint density at radius 2 is 2.00 bits per heavy atom. The standard InChI is InChI=1S/C12H11F3N2O3S/c13-12(14,15)20-9-3-1-8(2-4-9)16-10(18)5-17-7-21-6-11(17)19/h1-4H,5-7H2,(H,16,18). The second-order valence-corrected chi connectivity index (χ2v) is 5.14. The molecule has 1 heterocycles. The van der Waals surface area contributed by atoms with Gasteiger partial charge in [0, 0.05) is 5.69 Å². The lowest BCUT2D eigenvalue weighted by atomic mass is 10.3. The molecule has 1 aliphatic heterocycles. The first-order chi connectivity index (χ1) is 9.83. The number of ether oxygens (including phenoxy) is 1. The Kier molecular flexibility index (Phi) is 4.61. The Labute approximate surface area is 122 Å². The highest BCUT2D eigenvalue weighted by Crippen LogP contribution is 2.24. The average molecular weight is 320 g/mol. The Morgan fingerprint density at radius 3 is 2.52 bits per heavy atom. The van der Waals surface area contributed by atoms with Gasteiger partial charge in [-0.1, -0.05) is 0 Å². The number of benzene rings is 1. The Morgan fingerprint density at radius 1 is 1.33 bits per heavy atom. The molecule has 21 heavy (non-hydrogen) atoms. The maximum absolute atomic E-state index is 12.0. The normalized spacial score (nSPS) is 15.2. The second kappa shape index (κ2) is 6.25. The van der Waals surface area contributed by atoms with E-state index in [9.17, 15) is 22.8 Å². The van der Waals surface area contributed by atoms with Gasteiger partial charge in [0.05, 0.1) is 11.6 Å². The molecule has 0 spiro atoms. The first kappa shape index (κ1) is 15.5. The van der Waals surface area contributed by atoms with E-state index in [2.05, 4.69) is 10.1 Å². The van der Waals surface area contributed by atoms with Crippen molar-refractivity contribution in [2.24, 2.45) is 0 Å². The van der Waals surface area contributed by atoms with Crippen molar-refractivity contribution in [1.29, 1.82) is 0 Å². The summed E-state index contributed by atoms with van der Waals surface area (Å²) in [5.74, 6) is -0.0625. The number of rotatable bonds is 4. The van der Waals surface area contributed by atoms with Gasteiger partial charge in [0.15, 0.2) is 0 Å². The van der Waals surface area contributed by atoms with Crippen molar-refractivity contribution in [3.05, 3.63) is 24.3 Å². The largest absolute Gasteiger partial charge is 0.573 e. The van der Waals surface area contributed by atoms with Crippen molar-refractivity contribution in [2.45, 2.75) is 6.36 Å². The Bertz CT molecular complexity index is 534. The predicted molar refractivity (Wildman–Crippen MR) is 70.8 cm³/mol. The third-order valence-electron chi connectivity index (χ3n) is 2.53. The molecule has 1 fully saturated rings. The van der Waals surface area contributed by atoms with Crippen molar-refractivity contribution in [3.8, 4) is 5.75 Å². The van der Waals surface area contributed by atoms with Gasteiger partial charge in [-0.05, 0) is 24.3 Å². The molecule has 0 unspecified atom stereocenters. The zero-order valence-corrected chi connectivity index (χ0v) is 11.5. The molecule has 0 saturated carbocycles. The summed E-state index contributed by atoms with van der Waals surface area (Å²) in [6.45, 7) is -0.0768. The van der Waals surface area contributed by atoms with Gasteiger partial charge in [0.25, 0.3) is 0 Å². The van der Waals surface area contributed by atoms with Gasteiger partial charge in [0.2, 0.25) is 11.8 Å². The number of hydrogen-bond donors (Lipinski definition) is 1. The highest BCUT2D eigenvalue weighted by Gasteiger charge is 2.31. The van der Waals surface area contributed by atoms with Gasteiger partial charge in [-0.15, -0.1) is 24.9 Å². The number of anilines is 1. The molecule has 2 amide bonds. The SMILES string of the molecule is O=C(CN1CSCC1=O)Nc1ccc(OC(F)(F)F)cc1. The molecule has 0 aromatic heterocycles. The maximum Gasteiger partial charge on any atom is 0.573 e. The van der Waals surface area contributed by atoms with Crippen LogP contribution in [0.4, 0.5) is 18.9 Å². The third-order valence-corrected chi connectivity index (χ3v) is 3.48. The quantitative estimate of drug-likeness (QED) is 0.922. The summed E-state index contributed by atoms with van der Waals surface area (Å²) in [5, 5.41) is 2.50. The molecule has 0 bridgehead atoms. The molecule has 5 nitrogen and oxygen atoms in total. The highest BCUT2D eigenvalue weighted by atomic mass is 32.2. The molecule has 1 aliphatic rings. The van der Waals surface area contributed by atoms with Gasteiger partial charge in [0.1, 0.15) is 12.3 Å². The summed E-state index contributed by atoms with van der Waals surface area (Å²) < 4.78 is 39.7. The molecule has 1 saturated heterocycles. The van der Waals surface area contributed by atoms with Crippen LogP contribution in [0.3, 0.4) is 0 Å². The fourth-order valence-corrected chi connectivity index (χ4v) is 2.56. The summed E-state index contributed by atoms with van der Waals surface area (Å²) in [5.41, 5.74) is 0.328. The van der Waals surface area contributed by atoms with Crippen LogP contribution in [0.15, 0.2) is 24.3 Å². The molecule has 0 radical (unpaired) electrons. The number of hydrogen-bond acceptors (Lipinski definition) is 4. The summed E-state index contributed by atoms with van der Waals surface area (Å²) in [6, 6.07) is 4.78. The Hall–Kier alpha value is -1.90. The van der Waals surface area contributed by atoms with Crippen molar-refractivity contribution in [3.63, 3.8) is 0 Å². The predicted octanol–water partition coefficient (Wildman–Crippen LogP) is 2.06. The molecule has 0 atom stereocenters. The molecule has 1 N–H and O–H groups in total. The van der Waals surface area contributed by atoms with Crippen LogP contribution in [0, 0.1) is 0 Å². The summed E-state index contributed by atoms with van der Waals surface area (Å²) in [7, 11) is 0. The van der Waals surface area contributed by atoms with E-state index in [0.717, 1.165) is 12.1 Å². The first-order valence-electron chi connectivity index (χ1n) is 5.85. The average Bonchev–Trinajstić information content (AvgIpc) is 2.76. The molecule has 114 valence electrons. The first-order valence-corrected chi connectivity index (χ1v) is 7.00. The molecule has 9 heteroatoms. The van der Waals surface area contributed by atoms with Crippen LogP contribution in [0.25, 0.3) is 0 Å². The molecule has 1 aromatic carbocycles. The fourth-order valence-electron chi connectivity index (χ4n) is 1.65. The lowest BCUT2D eigenvalue weighted by Crippen LogP contribution is -2.34. The van der Waals surface area contributed by atoms with E-state index in [4.69, 9.17) is 0 Å². The van der Waals surface area contributed by atoms with Gasteiger partial charge in [-0.3, -0.25) is 9.59 Å². The van der Waals surface area contributed by atoms with Crippen LogP contribution >= 0.6 is 11.8 Å². The van der Waals surface area contributed by atoms with E-state index < -0.39 is 12.3 Å². The van der Waals surface area contributed by atoms with Crippen LogP contribution in [0.5, 0.6) is 5.75 Å². The summed E-state index contributed by atoms with van der Waals surface area (Å²) >= 11 is 1.42. The molecular formula is C12H11F3N2O3S. The lowest BCUT2D eigenvalue weighted by molar-refractivity contribution is -0.274. The van der Waals surface area contributed by atoms with E-state index >= 15 is 0 Å². The van der Waals surface area contributed by atoms with E-state index in [-0.39, 0.29) is 18.2 Å². The second-order valence-electron chi connectivity index (χ2n) is 4.19. The minimum absolute atomic E-state index is 0.0768. The van der Waals surface area contributed by atoms with Crippen LogP contribution in [-0.4, -0.2) is 41.3 Å². The van der Waals surface area contributed by atoms with E-state index in [0.29, 0.717) is 17.3 Å². The molecule has 1 aromatic rings. The molecular weight excluding hydrogens is 309 g/mol. The summed E-state index contributed by atoms with van der Waals surface area (Å²) in [6.07, 6.45) is -4.75. The fraction of sp³-hybridized carbons (Fsp3) is 0.333. The van der Waals surface area contributed by atoms with Crippen molar-refractivity contribution in [1.82, 2.24) is 4.90 Å². The highest BCUT2D eigenvalue weighted by molar-refractivity contribution is 8.00. The van der Waals surface area contributed by atoms with Gasteiger partial charge in [-0.25, -0.2) is 0 Å². The lowest BCUT2D eigenvalue weighted by Gasteiger charge is -2.14. The maximum atomic E-state index is 12.0. The number of carbonyl (C=O) groups is 2. The number of nitrogens with one attached hydrogen (secondary N) is 1. The monoisotopic (exact) mass is 320 g/mol. The van der Waals surface area contributed by atoms with Crippen LogP contribution < -0.4 is 10.1 Å². The number of halogens is 3. The van der Waals surface area contributed by atoms with Crippen LogP contribution in [-0.2, 0) is 9.59 Å². The zero-order chi connectivity index (χ0) is 15.5. The minimum atomic E-state index is -4.75. The number of amides is 2. The van der Waals surface area contributed by atoms with Crippen molar-refractivity contribution < 1.29 is 27.5 Å². The van der Waals surface area contributed by atoms with E-state index in [1.165, 1.54) is 28.8 Å². The number of thioether (sulfide) groups is 1. The minimum Gasteiger partial charge on any atom is -0.406 e. The van der Waals surface area contributed by atoms with Gasteiger partial charge >= 0.3 is 6.36 Å². The van der Waals surface area contributed by atoms with Crippen LogP contribution in [0.1, 0.15) is 0 Å². The number of alkyl halides is 3. The molecule has 0 aliphatic carbocycles. The smallest absolute Gasteiger partial charge is 0.406 e. The number of carbonyl (C=O) groups excluding carboxylic acids is 2. The molecule has 2 rings (SSSR count). The van der Waals surface area contributed by atoms with Gasteiger partial charge in [-0.2, -0.15) is 0 Å². The van der Waals surface area contributed by atoms with Crippen LogP contribution in [0.2, 0.25) is 0 Å². The van der Waals surface area contributed by atoms with E-state index in [1.54, 1.807) is 0 Å². The zero-order valence-electron chi connectivity index (χ0n) is 10.6. The van der Waals surface area contributed by atoms with E-state index in [1.807, 2.05) is 0 Å². The number of nitrogens with zero attached hydrogens (tertiary/aromatic N) is 1. The Balaban J connectivity index is 1.88. The third kappa shape index (κ3) is 4.85. The van der Waals surface area contributed by atoms with Crippen molar-refractivity contribution >= 4 is 29.3 Å².